The maximum absolute atomic E-state index is 13.4. The van der Waals surface area contributed by atoms with E-state index in [1.54, 1.807) is 116 Å². The summed E-state index contributed by atoms with van der Waals surface area (Å²) in [5, 5.41) is 41.4. The number of aromatic nitrogens is 10. The van der Waals surface area contributed by atoms with Gasteiger partial charge in [-0.1, -0.05) is 102 Å². The fourth-order valence-electron chi connectivity index (χ4n) is 5.63. The Morgan fingerprint density at radius 2 is 1.20 bits per heavy atom. The van der Waals surface area contributed by atoms with E-state index < -0.39 is 32.9 Å². The number of aliphatic carboxylic acids is 1. The Hall–Kier alpha value is -4.38. The first-order valence-corrected chi connectivity index (χ1v) is 30.6. The van der Waals surface area contributed by atoms with E-state index in [-0.39, 0.29) is 73.9 Å². The third-order valence-corrected chi connectivity index (χ3v) is 17.7. The summed E-state index contributed by atoms with van der Waals surface area (Å²) >= 11 is 19.8. The van der Waals surface area contributed by atoms with Gasteiger partial charge in [-0.2, -0.15) is 5.10 Å². The minimum Gasteiger partial charge on any atom is -0.850 e. The van der Waals surface area contributed by atoms with Crippen LogP contribution in [0.2, 0.25) is 5.15 Å². The molecule has 0 saturated carbocycles. The molecular formula is C52H58ClKN12O9S8. The standard InChI is InChI=1S/C23H22N6O4S4.C22H22ClN3O4S3.C4H9O.C3H5N3S.K/c1-23(2,20(31)32)37-17-11-24-21(36-17)27-19(30)18-15(34-14-7-5-13(33-4)6-8-14)9-10-16(26-18)35-22-28-25-12-29(22)3;1-5-30-20(28)22(2,3)33-17-12-24-21(32-17)26-19(27)18-15(10-11-16(23)25-18)31-14-8-6-13(29-4)7-9-14;1-4(2,3)5;1-6-2-4-5-3(6)7;/h5-12H,1-4H3,(H,31,32)(H,24,27,30);6-12H,5H2,1-4H3,(H,24,26,27);1-3H3;2H,1H3,(H,5,7);/q;;-1;;+1. The monoisotopic (exact) mass is 1320 g/mol. The van der Waals surface area contributed by atoms with Gasteiger partial charge in [-0.25, -0.2) is 19.9 Å². The van der Waals surface area contributed by atoms with Crippen LogP contribution in [0.25, 0.3) is 0 Å². The summed E-state index contributed by atoms with van der Waals surface area (Å²) in [6.45, 7) is 13.8. The zero-order valence-electron chi connectivity index (χ0n) is 47.3. The molecule has 0 bridgehead atoms. The number of carboxylic acids is 1. The van der Waals surface area contributed by atoms with Crippen molar-refractivity contribution in [2.45, 2.75) is 109 Å². The Balaban J connectivity index is 0.000000295. The van der Waals surface area contributed by atoms with Crippen molar-refractivity contribution in [3.8, 4) is 11.5 Å². The minimum absolute atomic E-state index is 0. The number of rotatable bonds is 19. The van der Waals surface area contributed by atoms with E-state index in [4.69, 9.17) is 38.0 Å². The second-order valence-corrected chi connectivity index (χ2v) is 28.3. The molecule has 436 valence electrons. The number of thiazole rings is 2. The first-order valence-electron chi connectivity index (χ1n) is 24.1. The molecule has 6 heterocycles. The van der Waals surface area contributed by atoms with Gasteiger partial charge in [-0.15, -0.1) is 15.8 Å². The predicted molar refractivity (Wildman–Crippen MR) is 325 cm³/mol. The minimum atomic E-state index is -1.02. The van der Waals surface area contributed by atoms with E-state index in [1.165, 1.54) is 81.5 Å². The van der Waals surface area contributed by atoms with Crippen LogP contribution in [0.15, 0.2) is 136 Å². The molecule has 8 aromatic rings. The quantitative estimate of drug-likeness (QED) is 0.0193. The molecular weight excluding hydrogens is 1270 g/mol. The third-order valence-electron chi connectivity index (χ3n) is 9.64. The zero-order valence-corrected chi connectivity index (χ0v) is 57.7. The number of H-pyrrole nitrogens is 1. The van der Waals surface area contributed by atoms with Gasteiger partial charge in [0.15, 0.2) is 20.2 Å². The zero-order chi connectivity index (χ0) is 60.4. The Morgan fingerprint density at radius 3 is 1.61 bits per heavy atom. The van der Waals surface area contributed by atoms with Crippen molar-refractivity contribution < 1.29 is 95.0 Å². The molecule has 83 heavy (non-hydrogen) atoms. The summed E-state index contributed by atoms with van der Waals surface area (Å²) in [4.78, 5) is 70.4. The van der Waals surface area contributed by atoms with Crippen LogP contribution in [0.5, 0.6) is 11.5 Å². The van der Waals surface area contributed by atoms with Gasteiger partial charge in [0.2, 0.25) is 0 Å². The summed E-state index contributed by atoms with van der Waals surface area (Å²) in [5.41, 5.74) is -0.331. The number of aromatic amines is 1. The maximum atomic E-state index is 13.4. The van der Waals surface area contributed by atoms with E-state index in [0.717, 1.165) is 25.5 Å². The predicted octanol–water partition coefficient (Wildman–Crippen LogP) is 8.85. The second-order valence-electron chi connectivity index (χ2n) is 18.4. The van der Waals surface area contributed by atoms with Gasteiger partial charge in [0.25, 0.3) is 11.8 Å². The van der Waals surface area contributed by atoms with E-state index in [9.17, 15) is 29.4 Å². The summed E-state index contributed by atoms with van der Waals surface area (Å²) < 4.78 is 19.3. The molecule has 2 aromatic carbocycles. The van der Waals surface area contributed by atoms with E-state index in [2.05, 4.69) is 51.0 Å². The second kappa shape index (κ2) is 33.5. The molecule has 0 spiro atoms. The van der Waals surface area contributed by atoms with Crippen molar-refractivity contribution in [2.75, 3.05) is 31.5 Å². The number of carbonyl (C=O) groups excluding carboxylic acids is 3. The van der Waals surface area contributed by atoms with Crippen LogP contribution in [-0.2, 0) is 28.4 Å². The van der Waals surface area contributed by atoms with Gasteiger partial charge in [-0.3, -0.25) is 34.9 Å². The third kappa shape index (κ3) is 23.8. The number of aryl methyl sites for hydroxylation is 2. The Morgan fingerprint density at radius 1 is 0.723 bits per heavy atom. The Kier molecular flexibility index (Phi) is 28.7. The molecule has 21 nitrogen and oxygen atoms in total. The fourth-order valence-corrected chi connectivity index (χ4v) is 13.0. The summed E-state index contributed by atoms with van der Waals surface area (Å²) in [5.74, 6) is -0.617. The summed E-state index contributed by atoms with van der Waals surface area (Å²) in [6.07, 6.45) is 6.39. The SMILES string of the molecule is CC(C)(C)[O-].CCOC(=O)C(C)(C)Sc1cnc(NC(=O)c2nc(Cl)ccc2Sc2ccc(OC)cc2)s1.COc1ccc(Sc2ccc(Sc3nncn3C)nc2C(=O)Nc2ncc(SC(C)(C)C(=O)O)s2)cc1.Cn1cn[nH]c1=S.[K+]. The molecule has 2 amide bonds. The molecule has 6 aromatic heterocycles. The first kappa shape index (κ1) is 71.1. The first-order chi connectivity index (χ1) is 38.7. The number of hydrogen-bond acceptors (Lipinski definition) is 23. The Bertz CT molecular complexity index is 3480. The number of carbonyl (C=O) groups is 4. The van der Waals surface area contributed by atoms with Crippen LogP contribution in [0, 0.1) is 4.77 Å². The van der Waals surface area contributed by atoms with Crippen LogP contribution in [0.1, 0.15) is 76.4 Å². The molecule has 31 heteroatoms. The van der Waals surface area contributed by atoms with Crippen molar-refractivity contribution in [1.29, 1.82) is 0 Å². The molecule has 0 aliphatic heterocycles. The van der Waals surface area contributed by atoms with Gasteiger partial charge >= 0.3 is 63.3 Å². The van der Waals surface area contributed by atoms with E-state index in [1.807, 2.05) is 74.8 Å². The number of ether oxygens (including phenoxy) is 3. The number of hydrogen-bond donors (Lipinski definition) is 4. The topological polar surface area (TPSA) is 279 Å². The smallest absolute Gasteiger partial charge is 0.850 e. The number of anilines is 2. The normalized spacial score (nSPS) is 11.0. The molecule has 4 N–H and O–H groups in total. The number of carboxylic acid groups (broad SMARTS) is 1. The molecule has 0 fully saturated rings. The van der Waals surface area contributed by atoms with Crippen molar-refractivity contribution >= 4 is 139 Å². The number of nitrogens with zero attached hydrogens (tertiary/aromatic N) is 9. The van der Waals surface area contributed by atoms with Crippen molar-refractivity contribution in [2.24, 2.45) is 14.1 Å². The number of methoxy groups -OCH3 is 2. The molecule has 0 saturated heterocycles. The maximum Gasteiger partial charge on any atom is 1.00 e. The van der Waals surface area contributed by atoms with Crippen LogP contribution in [0.3, 0.4) is 0 Å². The number of halogens is 1. The molecule has 0 atom stereocenters. The van der Waals surface area contributed by atoms with E-state index in [0.29, 0.717) is 45.8 Å². The van der Waals surface area contributed by atoms with E-state index >= 15 is 0 Å². The molecule has 8 rings (SSSR count). The van der Waals surface area contributed by atoms with Crippen molar-refractivity contribution in [3.63, 3.8) is 0 Å². The van der Waals surface area contributed by atoms with Gasteiger partial charge in [0, 0.05) is 33.7 Å². The van der Waals surface area contributed by atoms with Gasteiger partial charge in [0.05, 0.1) is 41.6 Å². The van der Waals surface area contributed by atoms with Gasteiger partial charge in [0.1, 0.15) is 55.2 Å². The average Bonchev–Trinajstić information content (AvgIpc) is 4.43. The van der Waals surface area contributed by atoms with Crippen LogP contribution >= 0.6 is 105 Å². The largest absolute Gasteiger partial charge is 1.00 e. The molecule has 0 radical (unpaired) electrons. The van der Waals surface area contributed by atoms with Crippen LogP contribution < -0.4 is 76.6 Å². The number of benzene rings is 2. The number of thioether (sulfide) groups is 2. The number of amides is 2. The fraction of sp³-hybridized carbons (Fsp3) is 0.308. The number of nitrogens with one attached hydrogen (secondary N) is 3. The summed E-state index contributed by atoms with van der Waals surface area (Å²) in [7, 11) is 6.88. The molecule has 0 unspecified atom stereocenters. The molecule has 0 aliphatic rings. The summed E-state index contributed by atoms with van der Waals surface area (Å²) in [6, 6.07) is 22.1. The van der Waals surface area contributed by atoms with Crippen LogP contribution in [-0.4, -0.2) is 114 Å². The van der Waals surface area contributed by atoms with Gasteiger partial charge in [-0.05, 0) is 131 Å². The van der Waals surface area contributed by atoms with Crippen molar-refractivity contribution in [1.82, 2.24) is 49.5 Å². The Labute approximate surface area is 562 Å². The van der Waals surface area contributed by atoms with Crippen molar-refractivity contribution in [3.05, 3.63) is 119 Å². The average molecular weight is 1330 g/mol. The number of pyridine rings is 2. The number of esters is 1. The molecule has 0 aliphatic carbocycles. The van der Waals surface area contributed by atoms with Gasteiger partial charge < -0.3 is 33.6 Å². The van der Waals surface area contributed by atoms with Crippen LogP contribution in [0.4, 0.5) is 10.3 Å².